The van der Waals surface area contributed by atoms with Crippen molar-refractivity contribution in [2.75, 3.05) is 20.3 Å². The SMILES string of the molecule is CCOC(=O)C1(C(=O)OCC)CCc2c1nc1ccc(OC)cc1c2-c1ccc(Cl)cc1. The summed E-state index contributed by atoms with van der Waals surface area (Å²) in [7, 11) is 1.61. The number of hydrogen-bond donors (Lipinski definition) is 0. The van der Waals surface area contributed by atoms with Gasteiger partial charge in [0.2, 0.25) is 5.41 Å². The molecule has 1 heterocycles. The Hall–Kier alpha value is -3.12. The van der Waals surface area contributed by atoms with Crippen LogP contribution in [0, 0.1) is 0 Å². The Labute approximate surface area is 191 Å². The second-order valence-corrected chi connectivity index (χ2v) is 7.99. The molecule has 0 bridgehead atoms. The highest BCUT2D eigenvalue weighted by Crippen LogP contribution is 2.47. The van der Waals surface area contributed by atoms with Crippen molar-refractivity contribution in [2.45, 2.75) is 32.1 Å². The van der Waals surface area contributed by atoms with Crippen LogP contribution in [0.1, 0.15) is 31.5 Å². The van der Waals surface area contributed by atoms with Crippen molar-refractivity contribution >= 4 is 34.4 Å². The van der Waals surface area contributed by atoms with Gasteiger partial charge in [-0.3, -0.25) is 14.6 Å². The average Bonchev–Trinajstić information content (AvgIpc) is 3.18. The molecule has 2 aromatic carbocycles. The Morgan fingerprint density at radius 1 is 1.03 bits per heavy atom. The second-order valence-electron chi connectivity index (χ2n) is 7.55. The van der Waals surface area contributed by atoms with Crippen molar-refractivity contribution in [1.82, 2.24) is 4.98 Å². The number of halogens is 1. The fourth-order valence-electron chi connectivity index (χ4n) is 4.37. The van der Waals surface area contributed by atoms with E-state index in [1.807, 2.05) is 36.4 Å². The summed E-state index contributed by atoms with van der Waals surface area (Å²) >= 11 is 6.13. The predicted molar refractivity (Wildman–Crippen MR) is 122 cm³/mol. The predicted octanol–water partition coefficient (Wildman–Crippen LogP) is 4.87. The number of fused-ring (bicyclic) bond motifs is 2. The van der Waals surface area contributed by atoms with Crippen molar-refractivity contribution in [3.8, 4) is 16.9 Å². The highest BCUT2D eigenvalue weighted by Gasteiger charge is 2.56. The van der Waals surface area contributed by atoms with Crippen LogP contribution in [-0.2, 0) is 30.9 Å². The molecule has 7 heteroatoms. The molecule has 6 nitrogen and oxygen atoms in total. The van der Waals surface area contributed by atoms with Crippen molar-refractivity contribution in [2.24, 2.45) is 0 Å². The summed E-state index contributed by atoms with van der Waals surface area (Å²) < 4.78 is 16.1. The maximum atomic E-state index is 13.2. The van der Waals surface area contributed by atoms with Gasteiger partial charge in [0.15, 0.2) is 0 Å². The van der Waals surface area contributed by atoms with E-state index in [0.29, 0.717) is 28.4 Å². The van der Waals surface area contributed by atoms with E-state index in [1.165, 1.54) is 0 Å². The number of ether oxygens (including phenoxy) is 3. The van der Waals surface area contributed by atoms with Gasteiger partial charge in [-0.15, -0.1) is 0 Å². The topological polar surface area (TPSA) is 74.7 Å². The minimum Gasteiger partial charge on any atom is -0.497 e. The minimum atomic E-state index is -1.59. The molecular formula is C25H24ClNO5. The Bertz CT molecular complexity index is 1170. The fraction of sp³-hybridized carbons (Fsp3) is 0.320. The van der Waals surface area contributed by atoms with Crippen LogP contribution in [0.4, 0.5) is 0 Å². The molecule has 0 spiro atoms. The fourth-order valence-corrected chi connectivity index (χ4v) is 4.50. The summed E-state index contributed by atoms with van der Waals surface area (Å²) in [5.74, 6) is -0.561. The van der Waals surface area contributed by atoms with Gasteiger partial charge in [0, 0.05) is 10.4 Å². The summed E-state index contributed by atoms with van der Waals surface area (Å²) in [5, 5.41) is 1.49. The zero-order valence-corrected chi connectivity index (χ0v) is 19.0. The van der Waals surface area contributed by atoms with Crippen molar-refractivity contribution in [3.05, 3.63) is 58.7 Å². The Morgan fingerprint density at radius 3 is 2.28 bits per heavy atom. The van der Waals surface area contributed by atoms with Crippen molar-refractivity contribution < 1.29 is 23.8 Å². The number of benzene rings is 2. The van der Waals surface area contributed by atoms with Gasteiger partial charge in [-0.05, 0) is 73.7 Å². The summed E-state index contributed by atoms with van der Waals surface area (Å²) in [6.45, 7) is 3.74. The maximum absolute atomic E-state index is 13.2. The molecular weight excluding hydrogens is 430 g/mol. The number of aromatic nitrogens is 1. The van der Waals surface area contributed by atoms with Gasteiger partial charge in [-0.1, -0.05) is 23.7 Å². The monoisotopic (exact) mass is 453 g/mol. The van der Waals surface area contributed by atoms with Crippen LogP contribution >= 0.6 is 11.6 Å². The summed E-state index contributed by atoms with van der Waals surface area (Å²) in [6.07, 6.45) is 0.714. The van der Waals surface area contributed by atoms with Gasteiger partial charge in [0.1, 0.15) is 5.75 Å². The smallest absolute Gasteiger partial charge is 0.329 e. The molecule has 0 aliphatic heterocycles. The van der Waals surface area contributed by atoms with Crippen molar-refractivity contribution in [1.29, 1.82) is 0 Å². The van der Waals surface area contributed by atoms with E-state index in [2.05, 4.69) is 0 Å². The molecule has 0 amide bonds. The van der Waals surface area contributed by atoms with Crippen LogP contribution in [-0.4, -0.2) is 37.2 Å². The van der Waals surface area contributed by atoms with Gasteiger partial charge in [-0.25, -0.2) is 0 Å². The lowest BCUT2D eigenvalue weighted by atomic mass is 9.84. The van der Waals surface area contributed by atoms with Gasteiger partial charge >= 0.3 is 11.9 Å². The third-order valence-electron chi connectivity index (χ3n) is 5.83. The number of methoxy groups -OCH3 is 1. The molecule has 4 rings (SSSR count). The van der Waals surface area contributed by atoms with Crippen LogP contribution in [0.25, 0.3) is 22.0 Å². The molecule has 1 aromatic heterocycles. The molecule has 0 saturated heterocycles. The largest absolute Gasteiger partial charge is 0.497 e. The first-order valence-electron chi connectivity index (χ1n) is 10.6. The van der Waals surface area contributed by atoms with E-state index in [9.17, 15) is 9.59 Å². The molecule has 0 saturated carbocycles. The molecule has 0 radical (unpaired) electrons. The van der Waals surface area contributed by atoms with Gasteiger partial charge in [-0.2, -0.15) is 0 Å². The molecule has 1 aliphatic rings. The molecule has 3 aromatic rings. The first-order chi connectivity index (χ1) is 15.5. The molecule has 0 unspecified atom stereocenters. The van der Waals surface area contributed by atoms with Crippen molar-refractivity contribution in [3.63, 3.8) is 0 Å². The number of carbonyl (C=O) groups excluding carboxylic acids is 2. The molecule has 0 fully saturated rings. The van der Waals surface area contributed by atoms with E-state index < -0.39 is 17.4 Å². The summed E-state index contributed by atoms with van der Waals surface area (Å²) in [4.78, 5) is 31.2. The van der Waals surface area contributed by atoms with E-state index in [-0.39, 0.29) is 19.6 Å². The first-order valence-corrected chi connectivity index (χ1v) is 11.0. The zero-order valence-electron chi connectivity index (χ0n) is 18.2. The Balaban J connectivity index is 2.06. The molecule has 0 N–H and O–H groups in total. The van der Waals surface area contributed by atoms with Gasteiger partial charge in [0.25, 0.3) is 0 Å². The average molecular weight is 454 g/mol. The number of pyridine rings is 1. The Kier molecular flexibility index (Phi) is 6.07. The third kappa shape index (κ3) is 3.48. The van der Waals surface area contributed by atoms with E-state index in [1.54, 1.807) is 27.0 Å². The van der Waals surface area contributed by atoms with Crippen LogP contribution < -0.4 is 4.74 Å². The molecule has 1 aliphatic carbocycles. The number of hydrogen-bond acceptors (Lipinski definition) is 6. The molecule has 0 atom stereocenters. The van der Waals surface area contributed by atoms with E-state index in [4.69, 9.17) is 30.8 Å². The summed E-state index contributed by atoms with van der Waals surface area (Å²) in [5.41, 5.74) is 2.10. The van der Waals surface area contributed by atoms with E-state index >= 15 is 0 Å². The molecule has 32 heavy (non-hydrogen) atoms. The second kappa shape index (κ2) is 8.79. The number of rotatable bonds is 6. The minimum absolute atomic E-state index is 0.157. The zero-order chi connectivity index (χ0) is 22.9. The maximum Gasteiger partial charge on any atom is 0.329 e. The highest BCUT2D eigenvalue weighted by molar-refractivity contribution is 6.30. The van der Waals surface area contributed by atoms with Crippen LogP contribution in [0.15, 0.2) is 42.5 Å². The number of nitrogens with zero attached hydrogens (tertiary/aromatic N) is 1. The number of esters is 2. The first kappa shape index (κ1) is 22.1. The standard InChI is InChI=1S/C25H24ClNO5/c1-4-31-23(28)25(24(29)32-5-2)13-12-18-21(15-6-8-16(26)9-7-15)19-14-17(30-3)10-11-20(19)27-22(18)25/h6-11,14H,4-5,12-13H2,1-3H3. The highest BCUT2D eigenvalue weighted by atomic mass is 35.5. The lowest BCUT2D eigenvalue weighted by Crippen LogP contribution is -2.45. The lowest BCUT2D eigenvalue weighted by Gasteiger charge is -2.25. The van der Waals surface area contributed by atoms with Crippen LogP contribution in [0.2, 0.25) is 5.02 Å². The quantitative estimate of drug-likeness (QED) is 0.391. The third-order valence-corrected chi connectivity index (χ3v) is 6.08. The summed E-state index contributed by atoms with van der Waals surface area (Å²) in [6, 6.07) is 13.0. The number of carbonyl (C=O) groups is 2. The van der Waals surface area contributed by atoms with Crippen LogP contribution in [0.5, 0.6) is 5.75 Å². The molecule has 166 valence electrons. The van der Waals surface area contributed by atoms with Gasteiger partial charge < -0.3 is 14.2 Å². The normalized spacial score (nSPS) is 14.1. The Morgan fingerprint density at radius 2 is 1.69 bits per heavy atom. The van der Waals surface area contributed by atoms with Crippen LogP contribution in [0.3, 0.4) is 0 Å². The van der Waals surface area contributed by atoms with Gasteiger partial charge in [0.05, 0.1) is 31.5 Å². The lowest BCUT2D eigenvalue weighted by molar-refractivity contribution is -0.165. The van der Waals surface area contributed by atoms with E-state index in [0.717, 1.165) is 22.1 Å².